The molecule has 2 aliphatic rings. The first-order chi connectivity index (χ1) is 14.7. The number of carbonyl (C=O) groups is 1. The van der Waals surface area contributed by atoms with Gasteiger partial charge in [-0.1, -0.05) is 24.3 Å². The number of fused-ring (bicyclic) bond motifs is 3. The third-order valence-corrected chi connectivity index (χ3v) is 6.88. The van der Waals surface area contributed by atoms with Crippen LogP contribution in [0.15, 0.2) is 42.5 Å². The second-order valence-corrected chi connectivity index (χ2v) is 9.24. The van der Waals surface area contributed by atoms with E-state index >= 15 is 0 Å². The average Bonchev–Trinajstić information content (AvgIpc) is 3.52. The maximum Gasteiger partial charge on any atom is 0.220 e. The largest absolute Gasteiger partial charge is 0.353 e. The highest BCUT2D eigenvalue weighted by Gasteiger charge is 2.25. The number of rotatable bonds is 7. The Morgan fingerprint density at radius 1 is 1.07 bits per heavy atom. The molecular formula is C26H33N3O. The molecule has 1 saturated carbocycles. The lowest BCUT2D eigenvalue weighted by molar-refractivity contribution is -0.121. The summed E-state index contributed by atoms with van der Waals surface area (Å²) in [4.78, 5) is 14.6. The molecule has 1 amide bonds. The molecular weight excluding hydrogens is 370 g/mol. The third-order valence-electron chi connectivity index (χ3n) is 6.88. The van der Waals surface area contributed by atoms with Crippen LogP contribution in [0.25, 0.3) is 21.8 Å². The monoisotopic (exact) mass is 403 g/mol. The first-order valence-corrected chi connectivity index (χ1v) is 11.7. The minimum atomic E-state index is 0.257. The van der Waals surface area contributed by atoms with Crippen LogP contribution in [-0.2, 0) is 17.9 Å². The van der Waals surface area contributed by atoms with Gasteiger partial charge < -0.3 is 9.88 Å². The molecule has 2 fully saturated rings. The van der Waals surface area contributed by atoms with E-state index in [9.17, 15) is 4.79 Å². The summed E-state index contributed by atoms with van der Waals surface area (Å²) in [6.07, 6.45) is 6.56. The summed E-state index contributed by atoms with van der Waals surface area (Å²) in [5, 5.41) is 5.85. The molecule has 1 saturated heterocycles. The number of carbonyl (C=O) groups excluding carboxylic acids is 1. The SMILES string of the molecule is CCn1c2ccccc2c2cc(CN3CCC[C@@H](CCC(=O)NC4CC4)C3)ccc21. The Labute approximate surface area is 179 Å². The van der Waals surface area contributed by atoms with Crippen LogP contribution >= 0.6 is 0 Å². The van der Waals surface area contributed by atoms with Gasteiger partial charge in [0.15, 0.2) is 0 Å². The number of hydrogen-bond acceptors (Lipinski definition) is 2. The van der Waals surface area contributed by atoms with Crippen molar-refractivity contribution in [2.45, 2.75) is 64.6 Å². The fraction of sp³-hybridized carbons (Fsp3) is 0.500. The second kappa shape index (κ2) is 8.43. The number of piperidine rings is 1. The molecule has 4 nitrogen and oxygen atoms in total. The van der Waals surface area contributed by atoms with E-state index in [1.807, 2.05) is 0 Å². The molecule has 1 atom stereocenters. The third kappa shape index (κ3) is 4.11. The Bertz CT molecular complexity index is 1050. The minimum Gasteiger partial charge on any atom is -0.353 e. The van der Waals surface area contributed by atoms with E-state index in [1.54, 1.807) is 0 Å². The number of para-hydroxylation sites is 1. The number of aromatic nitrogens is 1. The van der Waals surface area contributed by atoms with Gasteiger partial charge in [-0.25, -0.2) is 0 Å². The Morgan fingerprint density at radius 2 is 1.90 bits per heavy atom. The van der Waals surface area contributed by atoms with Crippen LogP contribution < -0.4 is 5.32 Å². The molecule has 0 spiro atoms. The van der Waals surface area contributed by atoms with Gasteiger partial charge in [0.05, 0.1) is 0 Å². The number of likely N-dealkylation sites (tertiary alicyclic amines) is 1. The maximum absolute atomic E-state index is 12.0. The lowest BCUT2D eigenvalue weighted by Crippen LogP contribution is -2.35. The zero-order valence-electron chi connectivity index (χ0n) is 18.1. The molecule has 2 aromatic carbocycles. The molecule has 0 radical (unpaired) electrons. The van der Waals surface area contributed by atoms with Crippen molar-refractivity contribution >= 4 is 27.7 Å². The fourth-order valence-electron chi connectivity index (χ4n) is 5.19. The molecule has 3 aromatic rings. The summed E-state index contributed by atoms with van der Waals surface area (Å²) >= 11 is 0. The summed E-state index contributed by atoms with van der Waals surface area (Å²) in [5.41, 5.74) is 4.06. The lowest BCUT2D eigenvalue weighted by atomic mass is 9.93. The van der Waals surface area contributed by atoms with Crippen molar-refractivity contribution in [2.75, 3.05) is 13.1 Å². The number of nitrogens with one attached hydrogen (secondary N) is 1. The Hall–Kier alpha value is -2.33. The molecule has 1 aliphatic carbocycles. The highest BCUT2D eigenvalue weighted by Crippen LogP contribution is 2.30. The van der Waals surface area contributed by atoms with Gasteiger partial charge in [-0.05, 0) is 75.3 Å². The van der Waals surface area contributed by atoms with Gasteiger partial charge in [0, 0.05) is 53.9 Å². The van der Waals surface area contributed by atoms with Gasteiger partial charge in [0.1, 0.15) is 0 Å². The lowest BCUT2D eigenvalue weighted by Gasteiger charge is -2.32. The number of hydrogen-bond donors (Lipinski definition) is 1. The van der Waals surface area contributed by atoms with Crippen molar-refractivity contribution in [1.82, 2.24) is 14.8 Å². The molecule has 4 heteroatoms. The summed E-state index contributed by atoms with van der Waals surface area (Å²) in [7, 11) is 0. The summed E-state index contributed by atoms with van der Waals surface area (Å²) in [5.74, 6) is 0.904. The predicted octanol–water partition coefficient (Wildman–Crippen LogP) is 5.09. The topological polar surface area (TPSA) is 37.3 Å². The Kier molecular flexibility index (Phi) is 5.51. The van der Waals surface area contributed by atoms with Gasteiger partial charge in [0.25, 0.3) is 0 Å². The van der Waals surface area contributed by atoms with Crippen molar-refractivity contribution in [3.63, 3.8) is 0 Å². The van der Waals surface area contributed by atoms with Gasteiger partial charge in [-0.2, -0.15) is 0 Å². The van der Waals surface area contributed by atoms with E-state index in [4.69, 9.17) is 0 Å². The van der Waals surface area contributed by atoms with Crippen LogP contribution in [-0.4, -0.2) is 34.5 Å². The number of aryl methyl sites for hydroxylation is 1. The zero-order chi connectivity index (χ0) is 20.5. The standard InChI is InChI=1S/C26H33N3O/c1-2-29-24-8-4-3-7-22(24)23-16-20(9-13-25(23)29)18-28-15-5-6-19(17-28)10-14-26(30)27-21-11-12-21/h3-4,7-9,13,16,19,21H,2,5-6,10-12,14-15,17-18H2,1H3,(H,27,30)/t19-/m0/s1. The smallest absolute Gasteiger partial charge is 0.220 e. The Morgan fingerprint density at radius 3 is 2.73 bits per heavy atom. The van der Waals surface area contributed by atoms with E-state index < -0.39 is 0 Å². The first-order valence-electron chi connectivity index (χ1n) is 11.7. The van der Waals surface area contributed by atoms with Gasteiger partial charge in [-0.15, -0.1) is 0 Å². The van der Waals surface area contributed by atoms with Crippen molar-refractivity contribution < 1.29 is 4.79 Å². The minimum absolute atomic E-state index is 0.257. The fourth-order valence-corrected chi connectivity index (χ4v) is 5.19. The van der Waals surface area contributed by atoms with Crippen LogP contribution in [0.2, 0.25) is 0 Å². The Balaban J connectivity index is 1.26. The van der Waals surface area contributed by atoms with Crippen LogP contribution in [0.1, 0.15) is 51.0 Å². The van der Waals surface area contributed by atoms with Crippen molar-refractivity contribution in [2.24, 2.45) is 5.92 Å². The number of nitrogens with zero attached hydrogens (tertiary/aromatic N) is 2. The first kappa shape index (κ1) is 19.6. The molecule has 0 unspecified atom stereocenters. The zero-order valence-corrected chi connectivity index (χ0v) is 18.1. The van der Waals surface area contributed by atoms with Crippen molar-refractivity contribution in [3.8, 4) is 0 Å². The molecule has 5 rings (SSSR count). The maximum atomic E-state index is 12.0. The van der Waals surface area contributed by atoms with E-state index in [1.165, 1.54) is 59.6 Å². The highest BCUT2D eigenvalue weighted by molar-refractivity contribution is 6.08. The number of benzene rings is 2. The van der Waals surface area contributed by atoms with Crippen molar-refractivity contribution in [3.05, 3.63) is 48.0 Å². The van der Waals surface area contributed by atoms with E-state index in [-0.39, 0.29) is 5.91 Å². The normalized spacial score (nSPS) is 20.1. The average molecular weight is 404 g/mol. The summed E-state index contributed by atoms with van der Waals surface area (Å²) in [6.45, 7) is 6.50. The molecule has 0 bridgehead atoms. The molecule has 30 heavy (non-hydrogen) atoms. The molecule has 1 aliphatic heterocycles. The highest BCUT2D eigenvalue weighted by atomic mass is 16.1. The summed E-state index contributed by atoms with van der Waals surface area (Å²) < 4.78 is 2.41. The van der Waals surface area contributed by atoms with Crippen LogP contribution in [0, 0.1) is 5.92 Å². The van der Waals surface area contributed by atoms with Gasteiger partial charge in [0.2, 0.25) is 5.91 Å². The van der Waals surface area contributed by atoms with E-state index in [2.05, 4.69) is 64.2 Å². The molecule has 1 aromatic heterocycles. The molecule has 1 N–H and O–H groups in total. The second-order valence-electron chi connectivity index (χ2n) is 9.24. The summed E-state index contributed by atoms with van der Waals surface area (Å²) in [6, 6.07) is 16.2. The number of amides is 1. The predicted molar refractivity (Wildman–Crippen MR) is 124 cm³/mol. The quantitative estimate of drug-likeness (QED) is 0.597. The molecule has 2 heterocycles. The van der Waals surface area contributed by atoms with Crippen LogP contribution in [0.3, 0.4) is 0 Å². The van der Waals surface area contributed by atoms with Gasteiger partial charge >= 0.3 is 0 Å². The van der Waals surface area contributed by atoms with E-state index in [0.29, 0.717) is 18.4 Å². The van der Waals surface area contributed by atoms with Crippen LogP contribution in [0.4, 0.5) is 0 Å². The van der Waals surface area contributed by atoms with Crippen LogP contribution in [0.5, 0.6) is 0 Å². The molecule has 158 valence electrons. The van der Waals surface area contributed by atoms with E-state index in [0.717, 1.165) is 26.1 Å². The van der Waals surface area contributed by atoms with Gasteiger partial charge in [-0.3, -0.25) is 9.69 Å². The van der Waals surface area contributed by atoms with Crippen molar-refractivity contribution in [1.29, 1.82) is 0 Å².